The molecule has 0 radical (unpaired) electrons. The molecule has 1 heterocycles. The number of hydrogen-bond acceptors (Lipinski definition) is 2. The first kappa shape index (κ1) is 9.49. The minimum atomic E-state index is -0.0422. The van der Waals surface area contributed by atoms with E-state index in [-0.39, 0.29) is 4.87 Å². The second-order valence-corrected chi connectivity index (χ2v) is 4.30. The Labute approximate surface area is 90.2 Å². The van der Waals surface area contributed by atoms with Gasteiger partial charge in [0.25, 0.3) is 0 Å². The highest BCUT2D eigenvalue weighted by atomic mass is 35.5. The molecule has 0 unspecified atom stereocenters. The monoisotopic (exact) mass is 225 g/mol. The van der Waals surface area contributed by atoms with Crippen LogP contribution in [0, 0.1) is 6.92 Å². The number of nitrogens with one attached hydrogen (secondary N) is 1. The van der Waals surface area contributed by atoms with E-state index in [1.165, 1.54) is 0 Å². The highest BCUT2D eigenvalue weighted by molar-refractivity contribution is 7.07. The molecule has 0 amide bonds. The summed E-state index contributed by atoms with van der Waals surface area (Å²) in [7, 11) is 0. The van der Waals surface area contributed by atoms with Gasteiger partial charge in [-0.2, -0.15) is 0 Å². The van der Waals surface area contributed by atoms with E-state index in [1.54, 1.807) is 5.38 Å². The molecular formula is C10H8ClNOS. The van der Waals surface area contributed by atoms with Crippen molar-refractivity contribution in [1.82, 2.24) is 4.98 Å². The van der Waals surface area contributed by atoms with Crippen LogP contribution in [0.5, 0.6) is 0 Å². The van der Waals surface area contributed by atoms with Crippen LogP contribution in [-0.2, 0) is 0 Å². The van der Waals surface area contributed by atoms with Gasteiger partial charge in [-0.1, -0.05) is 29.0 Å². The fraction of sp³-hybridized carbons (Fsp3) is 0.100. The smallest absolute Gasteiger partial charge is 0.304 e. The zero-order valence-corrected chi connectivity index (χ0v) is 9.08. The highest BCUT2D eigenvalue weighted by Gasteiger charge is 2.04. The Balaban J connectivity index is 2.61. The van der Waals surface area contributed by atoms with E-state index < -0.39 is 0 Å². The molecule has 1 aromatic heterocycles. The van der Waals surface area contributed by atoms with E-state index >= 15 is 0 Å². The first-order valence-electron chi connectivity index (χ1n) is 4.11. The number of aryl methyl sites for hydroxylation is 1. The van der Waals surface area contributed by atoms with Gasteiger partial charge in [0.1, 0.15) is 0 Å². The lowest BCUT2D eigenvalue weighted by atomic mass is 10.1. The van der Waals surface area contributed by atoms with Crippen molar-refractivity contribution in [3.05, 3.63) is 43.8 Å². The quantitative estimate of drug-likeness (QED) is 0.795. The average molecular weight is 226 g/mol. The van der Waals surface area contributed by atoms with Crippen molar-refractivity contribution >= 4 is 22.9 Å². The molecule has 0 aliphatic rings. The van der Waals surface area contributed by atoms with E-state index in [9.17, 15) is 4.79 Å². The standard InChI is InChI=1S/C10H8ClNOS/c1-6-2-3-7(11)4-8(6)9-5-14-10(13)12-9/h2-5H,1H3,(H,12,13). The number of hydrogen-bond donors (Lipinski definition) is 1. The molecule has 1 N–H and O–H groups in total. The SMILES string of the molecule is Cc1ccc(Cl)cc1-c1csc(=O)[nH]1. The van der Waals surface area contributed by atoms with Gasteiger partial charge in [0.2, 0.25) is 0 Å². The minimum absolute atomic E-state index is 0.0422. The van der Waals surface area contributed by atoms with Crippen molar-refractivity contribution in [3.63, 3.8) is 0 Å². The van der Waals surface area contributed by atoms with Gasteiger partial charge in [0.15, 0.2) is 0 Å². The highest BCUT2D eigenvalue weighted by Crippen LogP contribution is 2.24. The van der Waals surface area contributed by atoms with Crippen LogP contribution < -0.4 is 4.87 Å². The summed E-state index contributed by atoms with van der Waals surface area (Å²) < 4.78 is 0. The van der Waals surface area contributed by atoms with Gasteiger partial charge < -0.3 is 4.98 Å². The molecule has 0 saturated heterocycles. The van der Waals surface area contributed by atoms with Crippen LogP contribution in [0.3, 0.4) is 0 Å². The Morgan fingerprint density at radius 2 is 2.21 bits per heavy atom. The van der Waals surface area contributed by atoms with Gasteiger partial charge in [0.05, 0.1) is 5.69 Å². The van der Waals surface area contributed by atoms with Crippen LogP contribution in [0.4, 0.5) is 0 Å². The van der Waals surface area contributed by atoms with Crippen LogP contribution in [-0.4, -0.2) is 4.98 Å². The van der Waals surface area contributed by atoms with E-state index in [4.69, 9.17) is 11.6 Å². The molecule has 0 saturated carbocycles. The van der Waals surface area contributed by atoms with Crippen LogP contribution in [0.25, 0.3) is 11.3 Å². The molecule has 0 aliphatic carbocycles. The van der Waals surface area contributed by atoms with Gasteiger partial charge in [-0.25, -0.2) is 0 Å². The molecule has 4 heteroatoms. The summed E-state index contributed by atoms with van der Waals surface area (Å²) in [6.07, 6.45) is 0. The first-order chi connectivity index (χ1) is 6.66. The predicted octanol–water partition coefficient (Wildman–Crippen LogP) is 3.07. The van der Waals surface area contributed by atoms with Crippen LogP contribution in [0.15, 0.2) is 28.4 Å². The maximum Gasteiger partial charge on any atom is 0.304 e. The lowest BCUT2D eigenvalue weighted by Gasteiger charge is -2.02. The topological polar surface area (TPSA) is 32.9 Å². The Morgan fingerprint density at radius 1 is 1.43 bits per heavy atom. The number of H-pyrrole nitrogens is 1. The molecular weight excluding hydrogens is 218 g/mol. The normalized spacial score (nSPS) is 10.4. The van der Waals surface area contributed by atoms with E-state index in [0.717, 1.165) is 28.2 Å². The molecule has 0 spiro atoms. The summed E-state index contributed by atoms with van der Waals surface area (Å²) >= 11 is 7.04. The van der Waals surface area contributed by atoms with Crippen molar-refractivity contribution < 1.29 is 0 Å². The molecule has 0 atom stereocenters. The number of halogens is 1. The summed E-state index contributed by atoms with van der Waals surface area (Å²) in [6.45, 7) is 1.99. The third kappa shape index (κ3) is 1.74. The van der Waals surface area contributed by atoms with Crippen molar-refractivity contribution in [2.75, 3.05) is 0 Å². The van der Waals surface area contributed by atoms with Gasteiger partial charge in [0, 0.05) is 16.0 Å². The molecule has 72 valence electrons. The number of benzene rings is 1. The molecule has 0 aliphatic heterocycles. The predicted molar refractivity (Wildman–Crippen MR) is 60.1 cm³/mol. The zero-order chi connectivity index (χ0) is 10.1. The lowest BCUT2D eigenvalue weighted by molar-refractivity contribution is 1.32. The maximum absolute atomic E-state index is 11.0. The summed E-state index contributed by atoms with van der Waals surface area (Å²) in [5.41, 5.74) is 2.92. The number of aromatic amines is 1. The van der Waals surface area contributed by atoms with Crippen molar-refractivity contribution in [1.29, 1.82) is 0 Å². The lowest BCUT2D eigenvalue weighted by Crippen LogP contribution is -1.93. The second-order valence-electron chi connectivity index (χ2n) is 3.02. The van der Waals surface area contributed by atoms with Crippen LogP contribution >= 0.6 is 22.9 Å². The van der Waals surface area contributed by atoms with E-state index in [0.29, 0.717) is 5.02 Å². The number of thiazole rings is 1. The third-order valence-corrected chi connectivity index (χ3v) is 2.92. The molecule has 2 rings (SSSR count). The first-order valence-corrected chi connectivity index (χ1v) is 5.37. The largest absolute Gasteiger partial charge is 0.312 e. The van der Waals surface area contributed by atoms with Crippen LogP contribution in [0.1, 0.15) is 5.56 Å². The Kier molecular flexibility index (Phi) is 2.44. The Hall–Kier alpha value is -1.06. The molecule has 0 bridgehead atoms. The molecule has 2 aromatic rings. The van der Waals surface area contributed by atoms with Crippen molar-refractivity contribution in [2.24, 2.45) is 0 Å². The summed E-state index contributed by atoms with van der Waals surface area (Å²) in [4.78, 5) is 13.7. The van der Waals surface area contributed by atoms with Gasteiger partial charge >= 0.3 is 4.87 Å². The minimum Gasteiger partial charge on any atom is -0.312 e. The average Bonchev–Trinajstić information content (AvgIpc) is 2.56. The molecule has 2 nitrogen and oxygen atoms in total. The van der Waals surface area contributed by atoms with Gasteiger partial charge in [-0.3, -0.25) is 4.79 Å². The van der Waals surface area contributed by atoms with Gasteiger partial charge in [-0.15, -0.1) is 0 Å². The van der Waals surface area contributed by atoms with E-state index in [2.05, 4.69) is 4.98 Å². The van der Waals surface area contributed by atoms with Crippen molar-refractivity contribution in [3.8, 4) is 11.3 Å². The van der Waals surface area contributed by atoms with Crippen molar-refractivity contribution in [2.45, 2.75) is 6.92 Å². The maximum atomic E-state index is 11.0. The third-order valence-electron chi connectivity index (χ3n) is 2.01. The summed E-state index contributed by atoms with van der Waals surface area (Å²) in [6, 6.07) is 5.63. The fourth-order valence-electron chi connectivity index (χ4n) is 1.30. The Morgan fingerprint density at radius 3 is 2.86 bits per heavy atom. The van der Waals surface area contributed by atoms with Crippen LogP contribution in [0.2, 0.25) is 5.02 Å². The van der Waals surface area contributed by atoms with Gasteiger partial charge in [-0.05, 0) is 24.6 Å². The second kappa shape index (κ2) is 3.59. The molecule has 14 heavy (non-hydrogen) atoms. The molecule has 0 fully saturated rings. The summed E-state index contributed by atoms with van der Waals surface area (Å²) in [5.74, 6) is 0. The molecule has 1 aromatic carbocycles. The summed E-state index contributed by atoms with van der Waals surface area (Å²) in [5, 5.41) is 2.48. The number of rotatable bonds is 1. The zero-order valence-electron chi connectivity index (χ0n) is 7.50. The fourth-order valence-corrected chi connectivity index (χ4v) is 2.05. The van der Waals surface area contributed by atoms with E-state index in [1.807, 2.05) is 25.1 Å². The Bertz CT molecular complexity index is 515. The number of aromatic nitrogens is 1.